The Labute approximate surface area is 108 Å². The summed E-state index contributed by atoms with van der Waals surface area (Å²) in [5.74, 6) is 0.485. The first-order valence-electron chi connectivity index (χ1n) is 5.20. The molecule has 2 heterocycles. The van der Waals surface area contributed by atoms with Gasteiger partial charge in [0.05, 0.1) is 19.1 Å². The van der Waals surface area contributed by atoms with Crippen LogP contribution in [0.25, 0.3) is 11.5 Å². The van der Waals surface area contributed by atoms with E-state index < -0.39 is 0 Å². The van der Waals surface area contributed by atoms with Gasteiger partial charge in [0.1, 0.15) is 5.15 Å². The molecule has 2 aromatic rings. The molecule has 0 aliphatic rings. The molecule has 2 aromatic heterocycles. The maximum Gasteiger partial charge on any atom is 0.305 e. The average molecular weight is 268 g/mol. The molecule has 0 aromatic carbocycles. The van der Waals surface area contributed by atoms with Crippen molar-refractivity contribution < 1.29 is 14.1 Å². The van der Waals surface area contributed by atoms with Gasteiger partial charge in [-0.25, -0.2) is 4.98 Å². The van der Waals surface area contributed by atoms with Gasteiger partial charge in [0, 0.05) is 12.6 Å². The molecule has 0 bridgehead atoms. The number of hydrogen-bond acceptors (Lipinski definition) is 6. The zero-order chi connectivity index (χ0) is 13.0. The van der Waals surface area contributed by atoms with Crippen LogP contribution in [0.5, 0.6) is 0 Å². The van der Waals surface area contributed by atoms with Crippen LogP contribution >= 0.6 is 11.6 Å². The fourth-order valence-electron chi connectivity index (χ4n) is 1.29. The van der Waals surface area contributed by atoms with Crippen LogP contribution in [0.4, 0.5) is 0 Å². The molecular weight excluding hydrogens is 258 g/mol. The Morgan fingerprint density at radius 2 is 2.33 bits per heavy atom. The lowest BCUT2D eigenvalue weighted by Crippen LogP contribution is -2.02. The molecule has 0 radical (unpaired) electrons. The van der Waals surface area contributed by atoms with Crippen LogP contribution in [0.1, 0.15) is 12.2 Å². The molecule has 0 saturated heterocycles. The number of aryl methyl sites for hydroxylation is 1. The number of halogens is 1. The Bertz CT molecular complexity index is 539. The lowest BCUT2D eigenvalue weighted by atomic mass is 10.3. The van der Waals surface area contributed by atoms with Crippen molar-refractivity contribution in [1.82, 2.24) is 15.1 Å². The van der Waals surface area contributed by atoms with Crippen LogP contribution in [0, 0.1) is 0 Å². The Kier molecular flexibility index (Phi) is 3.88. The van der Waals surface area contributed by atoms with Crippen LogP contribution < -0.4 is 0 Å². The third kappa shape index (κ3) is 3.04. The van der Waals surface area contributed by atoms with E-state index in [2.05, 4.69) is 19.9 Å². The monoisotopic (exact) mass is 267 g/mol. The number of aromatic nitrogens is 3. The number of hydrogen-bond donors (Lipinski definition) is 0. The molecule has 6 nitrogen and oxygen atoms in total. The molecule has 0 amide bonds. The lowest BCUT2D eigenvalue weighted by Gasteiger charge is -1.94. The Balaban J connectivity index is 2.06. The summed E-state index contributed by atoms with van der Waals surface area (Å²) >= 11 is 5.68. The normalized spacial score (nSPS) is 10.3. The van der Waals surface area contributed by atoms with Crippen LogP contribution in [-0.2, 0) is 16.0 Å². The van der Waals surface area contributed by atoms with E-state index in [0.717, 1.165) is 0 Å². The summed E-state index contributed by atoms with van der Waals surface area (Å²) in [5.41, 5.74) is 0.677. The average Bonchev–Trinajstić information content (AvgIpc) is 2.85. The van der Waals surface area contributed by atoms with Crippen LogP contribution in [0.2, 0.25) is 5.15 Å². The predicted octanol–water partition coefficient (Wildman–Crippen LogP) is 1.89. The quantitative estimate of drug-likeness (QED) is 0.622. The minimum Gasteiger partial charge on any atom is -0.469 e. The largest absolute Gasteiger partial charge is 0.469 e. The Hall–Kier alpha value is -1.95. The van der Waals surface area contributed by atoms with Gasteiger partial charge in [0.2, 0.25) is 0 Å². The second-order valence-electron chi connectivity index (χ2n) is 3.46. The molecule has 94 valence electrons. The van der Waals surface area contributed by atoms with E-state index in [1.54, 1.807) is 18.3 Å². The van der Waals surface area contributed by atoms with E-state index in [1.165, 1.54) is 7.11 Å². The minimum atomic E-state index is -0.311. The predicted molar refractivity (Wildman–Crippen MR) is 62.9 cm³/mol. The summed E-state index contributed by atoms with van der Waals surface area (Å²) in [6.07, 6.45) is 2.13. The first-order chi connectivity index (χ1) is 8.69. The molecule has 0 aliphatic carbocycles. The van der Waals surface area contributed by atoms with E-state index >= 15 is 0 Å². The van der Waals surface area contributed by atoms with E-state index in [4.69, 9.17) is 16.1 Å². The number of ether oxygens (including phenoxy) is 1. The van der Waals surface area contributed by atoms with Crippen molar-refractivity contribution in [2.45, 2.75) is 12.8 Å². The number of esters is 1. The first-order valence-corrected chi connectivity index (χ1v) is 5.58. The van der Waals surface area contributed by atoms with Crippen LogP contribution in [0.3, 0.4) is 0 Å². The minimum absolute atomic E-state index is 0.217. The van der Waals surface area contributed by atoms with Gasteiger partial charge in [-0.2, -0.15) is 4.98 Å². The van der Waals surface area contributed by atoms with Gasteiger partial charge in [0.25, 0.3) is 5.89 Å². The summed E-state index contributed by atoms with van der Waals surface area (Å²) in [6.45, 7) is 0. The smallest absolute Gasteiger partial charge is 0.305 e. The van der Waals surface area contributed by atoms with Gasteiger partial charge >= 0.3 is 5.97 Å². The van der Waals surface area contributed by atoms with E-state index in [0.29, 0.717) is 28.9 Å². The number of carbonyl (C=O) groups is 1. The highest BCUT2D eigenvalue weighted by Gasteiger charge is 2.10. The number of carbonyl (C=O) groups excluding carboxylic acids is 1. The molecule has 0 N–H and O–H groups in total. The van der Waals surface area contributed by atoms with Gasteiger partial charge in [0.15, 0.2) is 5.82 Å². The SMILES string of the molecule is COC(=O)CCc1noc(-c2ccc(Cl)nc2)n1. The van der Waals surface area contributed by atoms with Crippen molar-refractivity contribution >= 4 is 17.6 Å². The molecule has 0 saturated carbocycles. The summed E-state index contributed by atoms with van der Waals surface area (Å²) in [4.78, 5) is 19.0. The van der Waals surface area contributed by atoms with Crippen molar-refractivity contribution in [3.63, 3.8) is 0 Å². The third-order valence-electron chi connectivity index (χ3n) is 2.22. The first kappa shape index (κ1) is 12.5. The number of rotatable bonds is 4. The van der Waals surface area contributed by atoms with Gasteiger partial charge in [-0.05, 0) is 12.1 Å². The van der Waals surface area contributed by atoms with Gasteiger partial charge in [-0.1, -0.05) is 16.8 Å². The van der Waals surface area contributed by atoms with E-state index in [-0.39, 0.29) is 12.4 Å². The van der Waals surface area contributed by atoms with Crippen LogP contribution in [-0.4, -0.2) is 28.2 Å². The summed E-state index contributed by atoms with van der Waals surface area (Å²) in [5, 5.41) is 4.16. The summed E-state index contributed by atoms with van der Waals surface area (Å²) < 4.78 is 9.59. The summed E-state index contributed by atoms with van der Waals surface area (Å²) in [7, 11) is 1.34. The highest BCUT2D eigenvalue weighted by atomic mass is 35.5. The van der Waals surface area contributed by atoms with E-state index in [1.807, 2.05) is 0 Å². The molecule has 0 unspecified atom stereocenters. The molecule has 2 rings (SSSR count). The molecule has 7 heteroatoms. The fourth-order valence-corrected chi connectivity index (χ4v) is 1.40. The van der Waals surface area contributed by atoms with E-state index in [9.17, 15) is 4.79 Å². The zero-order valence-electron chi connectivity index (χ0n) is 9.59. The van der Waals surface area contributed by atoms with Gasteiger partial charge < -0.3 is 9.26 Å². The molecule has 0 spiro atoms. The lowest BCUT2D eigenvalue weighted by molar-refractivity contribution is -0.140. The second-order valence-corrected chi connectivity index (χ2v) is 3.85. The highest BCUT2D eigenvalue weighted by molar-refractivity contribution is 6.29. The summed E-state index contributed by atoms with van der Waals surface area (Å²) in [6, 6.07) is 3.36. The molecular formula is C11H10ClN3O3. The van der Waals surface area contributed by atoms with Crippen molar-refractivity contribution in [2.75, 3.05) is 7.11 Å². The van der Waals surface area contributed by atoms with Gasteiger partial charge in [-0.3, -0.25) is 4.79 Å². The van der Waals surface area contributed by atoms with Crippen molar-refractivity contribution in [2.24, 2.45) is 0 Å². The van der Waals surface area contributed by atoms with Crippen molar-refractivity contribution in [3.05, 3.63) is 29.3 Å². The molecule has 0 aliphatic heterocycles. The zero-order valence-corrected chi connectivity index (χ0v) is 10.3. The standard InChI is InChI=1S/C11H10ClN3O3/c1-17-10(16)5-4-9-14-11(18-15-9)7-2-3-8(12)13-6-7/h2-3,6H,4-5H2,1H3. The highest BCUT2D eigenvalue weighted by Crippen LogP contribution is 2.17. The Morgan fingerprint density at radius 3 is 3.00 bits per heavy atom. The third-order valence-corrected chi connectivity index (χ3v) is 2.45. The molecule has 18 heavy (non-hydrogen) atoms. The van der Waals surface area contributed by atoms with Gasteiger partial charge in [-0.15, -0.1) is 0 Å². The number of methoxy groups -OCH3 is 1. The maximum atomic E-state index is 11.0. The molecule has 0 fully saturated rings. The molecule has 0 atom stereocenters. The van der Waals surface area contributed by atoms with Crippen molar-refractivity contribution in [3.8, 4) is 11.5 Å². The number of pyridine rings is 1. The van der Waals surface area contributed by atoms with Crippen LogP contribution in [0.15, 0.2) is 22.9 Å². The topological polar surface area (TPSA) is 78.1 Å². The maximum absolute atomic E-state index is 11.0. The fraction of sp³-hybridized carbons (Fsp3) is 0.273. The van der Waals surface area contributed by atoms with Crippen molar-refractivity contribution in [1.29, 1.82) is 0 Å². The number of nitrogens with zero attached hydrogens (tertiary/aromatic N) is 3. The second kappa shape index (κ2) is 5.59. The Morgan fingerprint density at radius 1 is 1.50 bits per heavy atom.